The molecule has 1 aromatic rings. The molecule has 2 aliphatic rings. The van der Waals surface area contributed by atoms with E-state index < -0.39 is 11.4 Å². The molecular formula is C15H17NO5. The molecule has 2 aliphatic heterocycles. The minimum atomic E-state index is -1.24. The Kier molecular flexibility index (Phi) is 3.13. The van der Waals surface area contributed by atoms with Crippen LogP contribution in [-0.2, 0) is 9.53 Å². The van der Waals surface area contributed by atoms with Gasteiger partial charge in [0.05, 0.1) is 17.6 Å². The number of amides is 1. The number of anilines is 1. The monoisotopic (exact) mass is 291 g/mol. The fourth-order valence-electron chi connectivity index (χ4n) is 3.23. The number of phenols is 1. The van der Waals surface area contributed by atoms with Crippen LogP contribution in [0.1, 0.15) is 36.5 Å². The predicted octanol–water partition coefficient (Wildman–Crippen LogP) is 1.99. The maximum atomic E-state index is 12.5. The van der Waals surface area contributed by atoms with Crippen molar-refractivity contribution < 1.29 is 24.5 Å². The van der Waals surface area contributed by atoms with Crippen molar-refractivity contribution in [3.63, 3.8) is 0 Å². The van der Waals surface area contributed by atoms with Gasteiger partial charge >= 0.3 is 5.97 Å². The summed E-state index contributed by atoms with van der Waals surface area (Å²) in [6, 6.07) is 4.00. The number of hydrogen-bond donors (Lipinski definition) is 3. The largest absolute Gasteiger partial charge is 0.507 e. The Morgan fingerprint density at radius 3 is 2.71 bits per heavy atom. The second-order valence-corrected chi connectivity index (χ2v) is 5.94. The van der Waals surface area contributed by atoms with E-state index in [1.165, 1.54) is 18.2 Å². The summed E-state index contributed by atoms with van der Waals surface area (Å²) in [4.78, 5) is 23.5. The highest BCUT2D eigenvalue weighted by Crippen LogP contribution is 2.48. The molecule has 0 aliphatic carbocycles. The Bertz CT molecular complexity index is 614. The fraction of sp³-hybridized carbons (Fsp3) is 0.467. The number of nitrogens with one attached hydrogen (secondary N) is 1. The molecular weight excluding hydrogens is 274 g/mol. The average molecular weight is 291 g/mol. The van der Waals surface area contributed by atoms with Crippen molar-refractivity contribution in [1.82, 2.24) is 0 Å². The minimum absolute atomic E-state index is 0.0708. The van der Waals surface area contributed by atoms with Crippen LogP contribution in [0.5, 0.6) is 5.75 Å². The second-order valence-electron chi connectivity index (χ2n) is 5.94. The highest BCUT2D eigenvalue weighted by molar-refractivity contribution is 5.98. The summed E-state index contributed by atoms with van der Waals surface area (Å²) in [6.45, 7) is 1.88. The lowest BCUT2D eigenvalue weighted by Gasteiger charge is -2.29. The third-order valence-corrected chi connectivity index (χ3v) is 4.47. The van der Waals surface area contributed by atoms with Crippen LogP contribution in [0.25, 0.3) is 0 Å². The Labute approximate surface area is 121 Å². The minimum Gasteiger partial charge on any atom is -0.507 e. The summed E-state index contributed by atoms with van der Waals surface area (Å²) < 4.78 is 5.73. The first-order valence-electron chi connectivity index (χ1n) is 6.93. The quantitative estimate of drug-likeness (QED) is 0.740. The molecule has 21 heavy (non-hydrogen) atoms. The number of hydrogen-bond acceptors (Lipinski definition) is 4. The molecule has 3 rings (SSSR count). The Hall–Kier alpha value is -2.08. The number of carbonyl (C=O) groups is 2. The van der Waals surface area contributed by atoms with Gasteiger partial charge in [-0.1, -0.05) is 0 Å². The van der Waals surface area contributed by atoms with Gasteiger partial charge in [0.2, 0.25) is 5.91 Å². The molecule has 3 unspecified atom stereocenters. The summed E-state index contributed by atoms with van der Waals surface area (Å²) in [5.41, 5.74) is -0.453. The fourth-order valence-corrected chi connectivity index (χ4v) is 3.23. The van der Waals surface area contributed by atoms with E-state index in [-0.39, 0.29) is 29.4 Å². The van der Waals surface area contributed by atoms with Gasteiger partial charge in [-0.25, -0.2) is 4.79 Å². The average Bonchev–Trinajstić information content (AvgIpc) is 3.01. The van der Waals surface area contributed by atoms with Gasteiger partial charge in [-0.05, 0) is 44.4 Å². The normalized spacial score (nSPS) is 30.3. The molecule has 2 bridgehead atoms. The molecule has 0 saturated carbocycles. The number of carboxylic acids is 1. The number of carboxylic acid groups (broad SMARTS) is 1. The smallest absolute Gasteiger partial charge is 0.339 e. The van der Waals surface area contributed by atoms with E-state index in [1.807, 2.05) is 6.92 Å². The van der Waals surface area contributed by atoms with Crippen LogP contribution in [0.2, 0.25) is 0 Å². The lowest BCUT2D eigenvalue weighted by molar-refractivity contribution is -0.127. The van der Waals surface area contributed by atoms with E-state index >= 15 is 0 Å². The maximum absolute atomic E-state index is 12.5. The summed E-state index contributed by atoms with van der Waals surface area (Å²) in [6.07, 6.45) is 2.65. The molecule has 1 amide bonds. The van der Waals surface area contributed by atoms with E-state index in [9.17, 15) is 14.7 Å². The van der Waals surface area contributed by atoms with Crippen LogP contribution >= 0.6 is 0 Å². The highest BCUT2D eigenvalue weighted by Gasteiger charge is 2.53. The van der Waals surface area contributed by atoms with E-state index in [0.717, 1.165) is 12.8 Å². The Balaban J connectivity index is 1.79. The van der Waals surface area contributed by atoms with Crippen molar-refractivity contribution >= 4 is 17.6 Å². The summed E-state index contributed by atoms with van der Waals surface area (Å²) >= 11 is 0. The molecule has 2 fully saturated rings. The first kappa shape index (κ1) is 13.9. The van der Waals surface area contributed by atoms with Crippen LogP contribution in [-0.4, -0.2) is 34.3 Å². The van der Waals surface area contributed by atoms with Crippen LogP contribution in [0, 0.1) is 5.41 Å². The Morgan fingerprint density at radius 1 is 1.38 bits per heavy atom. The molecule has 112 valence electrons. The van der Waals surface area contributed by atoms with Crippen molar-refractivity contribution in [1.29, 1.82) is 0 Å². The van der Waals surface area contributed by atoms with Crippen molar-refractivity contribution in [2.75, 3.05) is 5.32 Å². The molecule has 2 saturated heterocycles. The van der Waals surface area contributed by atoms with Crippen molar-refractivity contribution in [3.05, 3.63) is 23.8 Å². The van der Waals surface area contributed by atoms with Gasteiger partial charge in [-0.15, -0.1) is 0 Å². The van der Waals surface area contributed by atoms with Crippen LogP contribution in [0.15, 0.2) is 18.2 Å². The van der Waals surface area contributed by atoms with Crippen molar-refractivity contribution in [2.45, 2.75) is 38.4 Å². The first-order chi connectivity index (χ1) is 9.90. The van der Waals surface area contributed by atoms with Crippen LogP contribution in [0.4, 0.5) is 5.69 Å². The number of aromatic hydroxyl groups is 1. The molecule has 6 nitrogen and oxygen atoms in total. The number of benzene rings is 1. The molecule has 6 heteroatoms. The highest BCUT2D eigenvalue weighted by atomic mass is 16.5. The summed E-state index contributed by atoms with van der Waals surface area (Å²) in [7, 11) is 0. The van der Waals surface area contributed by atoms with Crippen molar-refractivity contribution in [3.8, 4) is 5.75 Å². The first-order valence-corrected chi connectivity index (χ1v) is 6.93. The van der Waals surface area contributed by atoms with Gasteiger partial charge in [-0.3, -0.25) is 4.79 Å². The third-order valence-electron chi connectivity index (χ3n) is 4.47. The zero-order chi connectivity index (χ0) is 15.2. The van der Waals surface area contributed by atoms with E-state index in [1.54, 1.807) is 0 Å². The number of aromatic carboxylic acids is 1. The zero-order valence-corrected chi connectivity index (χ0v) is 11.6. The summed E-state index contributed by atoms with van der Waals surface area (Å²) in [5, 5.41) is 21.2. The lowest BCUT2D eigenvalue weighted by atomic mass is 9.75. The lowest BCUT2D eigenvalue weighted by Crippen LogP contribution is -2.41. The molecule has 3 N–H and O–H groups in total. The Morgan fingerprint density at radius 2 is 2.14 bits per heavy atom. The molecule has 2 heterocycles. The van der Waals surface area contributed by atoms with Crippen molar-refractivity contribution in [2.24, 2.45) is 5.41 Å². The molecule has 1 aromatic carbocycles. The maximum Gasteiger partial charge on any atom is 0.339 e. The van der Waals surface area contributed by atoms with Gasteiger partial charge in [0.15, 0.2) is 0 Å². The van der Waals surface area contributed by atoms with Gasteiger partial charge in [0, 0.05) is 5.69 Å². The summed E-state index contributed by atoms with van der Waals surface area (Å²) in [5.74, 6) is -1.73. The topological polar surface area (TPSA) is 95.9 Å². The molecule has 3 atom stereocenters. The van der Waals surface area contributed by atoms with Crippen LogP contribution in [0.3, 0.4) is 0 Å². The SMILES string of the molecule is CC1(C(=O)Nc2ccc(O)c(C(=O)O)c2)CC2CCC1O2. The number of fused-ring (bicyclic) bond motifs is 2. The van der Waals surface area contributed by atoms with Crippen LogP contribution < -0.4 is 5.32 Å². The molecule has 0 spiro atoms. The number of rotatable bonds is 3. The molecule has 0 aromatic heterocycles. The molecule has 0 radical (unpaired) electrons. The van der Waals surface area contributed by atoms with E-state index in [2.05, 4.69) is 5.32 Å². The zero-order valence-electron chi connectivity index (χ0n) is 11.6. The van der Waals surface area contributed by atoms with E-state index in [4.69, 9.17) is 9.84 Å². The third kappa shape index (κ3) is 2.25. The number of carbonyl (C=O) groups excluding carboxylic acids is 1. The van der Waals surface area contributed by atoms with Gasteiger partial charge in [0.25, 0.3) is 0 Å². The second kappa shape index (κ2) is 4.73. The van der Waals surface area contributed by atoms with Gasteiger partial charge in [-0.2, -0.15) is 0 Å². The van der Waals surface area contributed by atoms with Gasteiger partial charge in [0.1, 0.15) is 11.3 Å². The van der Waals surface area contributed by atoms with Gasteiger partial charge < -0.3 is 20.3 Å². The standard InChI is InChI=1S/C15H17NO5/c1-15(7-9-3-5-12(15)21-9)14(20)16-8-2-4-11(17)10(6-8)13(18)19/h2,4,6,9,12,17H,3,5,7H2,1H3,(H,16,20)(H,18,19). The predicted molar refractivity (Wildman–Crippen MR) is 74.3 cm³/mol. The van der Waals surface area contributed by atoms with E-state index in [0.29, 0.717) is 12.1 Å². The number of ether oxygens (including phenoxy) is 1.